The second-order valence-corrected chi connectivity index (χ2v) is 7.61. The maximum absolute atomic E-state index is 12.2. The summed E-state index contributed by atoms with van der Waals surface area (Å²) in [6.07, 6.45) is 4.36. The van der Waals surface area contributed by atoms with Gasteiger partial charge in [-0.3, -0.25) is 0 Å². The van der Waals surface area contributed by atoms with E-state index < -0.39 is 14.6 Å². The summed E-state index contributed by atoms with van der Waals surface area (Å²) in [5, 5.41) is -0.107. The van der Waals surface area contributed by atoms with Gasteiger partial charge in [-0.25, -0.2) is 8.42 Å². The van der Waals surface area contributed by atoms with Gasteiger partial charge in [-0.05, 0) is 39.7 Å². The second kappa shape index (κ2) is 4.19. The Bertz CT molecular complexity index is 276. The third-order valence-corrected chi connectivity index (χ3v) is 6.35. The molecule has 1 saturated carbocycles. The Balaban J connectivity index is 2.82. The molecule has 0 radical (unpaired) electrons. The highest BCUT2D eigenvalue weighted by molar-refractivity contribution is 7.93. The lowest BCUT2D eigenvalue weighted by Gasteiger charge is -2.27. The van der Waals surface area contributed by atoms with Gasteiger partial charge in [-0.15, -0.1) is 0 Å². The number of hydrogen-bond acceptors (Lipinski definition) is 3. The Kier molecular flexibility index (Phi) is 3.58. The average molecular weight is 219 g/mol. The van der Waals surface area contributed by atoms with Crippen LogP contribution in [0.3, 0.4) is 0 Å². The van der Waals surface area contributed by atoms with Crippen molar-refractivity contribution in [3.8, 4) is 0 Å². The van der Waals surface area contributed by atoms with Crippen LogP contribution in [0.2, 0.25) is 0 Å². The van der Waals surface area contributed by atoms with E-state index in [0.717, 1.165) is 25.7 Å². The first-order chi connectivity index (χ1) is 6.42. The summed E-state index contributed by atoms with van der Waals surface area (Å²) in [7, 11) is -2.98. The second-order valence-electron chi connectivity index (χ2n) is 4.75. The molecule has 1 rings (SSSR count). The summed E-state index contributed by atoms with van der Waals surface area (Å²) in [6.45, 7) is 4.04. The van der Waals surface area contributed by atoms with Crippen LogP contribution in [0.1, 0.15) is 46.0 Å². The van der Waals surface area contributed by atoms with Crippen LogP contribution in [0.4, 0.5) is 0 Å². The van der Waals surface area contributed by atoms with Gasteiger partial charge in [0.25, 0.3) is 0 Å². The number of nitrogens with two attached hydrogens (primary N) is 1. The van der Waals surface area contributed by atoms with Crippen molar-refractivity contribution < 1.29 is 8.42 Å². The van der Waals surface area contributed by atoms with Gasteiger partial charge in [-0.2, -0.15) is 0 Å². The van der Waals surface area contributed by atoms with Crippen molar-refractivity contribution in [3.63, 3.8) is 0 Å². The molecule has 0 unspecified atom stereocenters. The lowest BCUT2D eigenvalue weighted by atomic mass is 10.1. The van der Waals surface area contributed by atoms with Gasteiger partial charge < -0.3 is 5.73 Å². The summed E-state index contributed by atoms with van der Waals surface area (Å²) < 4.78 is 23.7. The molecular weight excluding hydrogens is 198 g/mol. The Morgan fingerprint density at radius 3 is 2.21 bits per heavy atom. The van der Waals surface area contributed by atoms with Crippen molar-refractivity contribution in [2.24, 2.45) is 5.73 Å². The van der Waals surface area contributed by atoms with Crippen LogP contribution < -0.4 is 5.73 Å². The first-order valence-electron chi connectivity index (χ1n) is 5.35. The lowest BCUT2D eigenvalue weighted by Crippen LogP contribution is -2.40. The van der Waals surface area contributed by atoms with E-state index >= 15 is 0 Å². The minimum absolute atomic E-state index is 0.107. The van der Waals surface area contributed by atoms with Crippen LogP contribution in [0.25, 0.3) is 0 Å². The molecule has 3 nitrogen and oxygen atoms in total. The summed E-state index contributed by atoms with van der Waals surface area (Å²) in [4.78, 5) is 0. The molecular formula is C10H21NO2S. The van der Waals surface area contributed by atoms with Crippen molar-refractivity contribution in [1.82, 2.24) is 0 Å². The molecule has 0 aromatic carbocycles. The van der Waals surface area contributed by atoms with E-state index in [9.17, 15) is 8.42 Å². The van der Waals surface area contributed by atoms with Gasteiger partial charge in [0.15, 0.2) is 9.84 Å². The number of hydrogen-bond donors (Lipinski definition) is 1. The molecule has 1 aliphatic carbocycles. The normalized spacial score (nSPS) is 20.2. The molecule has 1 aliphatic rings. The van der Waals surface area contributed by atoms with Gasteiger partial charge >= 0.3 is 0 Å². The molecule has 84 valence electrons. The Hall–Kier alpha value is -0.0900. The van der Waals surface area contributed by atoms with Gasteiger partial charge in [0.2, 0.25) is 0 Å². The van der Waals surface area contributed by atoms with E-state index in [0.29, 0.717) is 13.0 Å². The maximum atomic E-state index is 12.2. The Morgan fingerprint density at radius 2 is 1.79 bits per heavy atom. The highest BCUT2D eigenvalue weighted by atomic mass is 32.2. The minimum atomic E-state index is -2.98. The van der Waals surface area contributed by atoms with Crippen LogP contribution in [0.15, 0.2) is 0 Å². The van der Waals surface area contributed by atoms with E-state index in [1.807, 2.05) is 0 Å². The fraction of sp³-hybridized carbons (Fsp3) is 1.00. The zero-order chi connectivity index (χ0) is 10.8. The predicted octanol–water partition coefficient (Wildman–Crippen LogP) is 1.47. The zero-order valence-electron chi connectivity index (χ0n) is 9.12. The smallest absolute Gasteiger partial charge is 0.158 e. The molecule has 0 heterocycles. The maximum Gasteiger partial charge on any atom is 0.158 e. The minimum Gasteiger partial charge on any atom is -0.330 e. The van der Waals surface area contributed by atoms with Crippen molar-refractivity contribution >= 4 is 9.84 Å². The summed E-state index contributed by atoms with van der Waals surface area (Å²) >= 11 is 0. The van der Waals surface area contributed by atoms with Gasteiger partial charge in [-0.1, -0.05) is 12.8 Å². The summed E-state index contributed by atoms with van der Waals surface area (Å²) in [5.41, 5.74) is 5.45. The fourth-order valence-corrected chi connectivity index (χ4v) is 4.40. The molecule has 0 aromatic rings. The van der Waals surface area contributed by atoms with Crippen LogP contribution in [-0.2, 0) is 9.84 Å². The van der Waals surface area contributed by atoms with Crippen LogP contribution >= 0.6 is 0 Å². The molecule has 0 bridgehead atoms. The largest absolute Gasteiger partial charge is 0.330 e. The van der Waals surface area contributed by atoms with E-state index in [2.05, 4.69) is 0 Å². The van der Waals surface area contributed by atoms with Crippen LogP contribution in [0.5, 0.6) is 0 Å². The van der Waals surface area contributed by atoms with E-state index in [1.165, 1.54) is 0 Å². The molecule has 0 amide bonds. The quantitative estimate of drug-likeness (QED) is 0.779. The molecule has 0 aromatic heterocycles. The summed E-state index contributed by atoms with van der Waals surface area (Å²) in [5.74, 6) is 0. The molecule has 4 heteroatoms. The highest BCUT2D eigenvalue weighted by Gasteiger charge is 2.40. The van der Waals surface area contributed by atoms with Crippen molar-refractivity contribution in [2.75, 3.05) is 6.54 Å². The molecule has 0 spiro atoms. The van der Waals surface area contributed by atoms with Gasteiger partial charge in [0, 0.05) is 0 Å². The topological polar surface area (TPSA) is 60.2 Å². The summed E-state index contributed by atoms with van der Waals surface area (Å²) in [6, 6.07) is 0. The average Bonchev–Trinajstić information content (AvgIpc) is 2.55. The van der Waals surface area contributed by atoms with Gasteiger partial charge in [0.1, 0.15) is 0 Å². The lowest BCUT2D eigenvalue weighted by molar-refractivity contribution is 0.516. The molecule has 2 N–H and O–H groups in total. The monoisotopic (exact) mass is 219 g/mol. The Labute approximate surface area is 87.0 Å². The molecule has 1 fully saturated rings. The fourth-order valence-electron chi connectivity index (χ4n) is 2.14. The highest BCUT2D eigenvalue weighted by Crippen LogP contribution is 2.33. The molecule has 0 atom stereocenters. The van der Waals surface area contributed by atoms with Crippen LogP contribution in [0, 0.1) is 0 Å². The number of rotatable bonds is 4. The van der Waals surface area contributed by atoms with Crippen molar-refractivity contribution in [2.45, 2.75) is 55.9 Å². The first kappa shape index (κ1) is 12.0. The SMILES string of the molecule is CC(C)(CCN)S(=O)(=O)C1CCCC1. The van der Waals surface area contributed by atoms with Crippen molar-refractivity contribution in [3.05, 3.63) is 0 Å². The first-order valence-corrected chi connectivity index (χ1v) is 6.90. The molecule has 0 aliphatic heterocycles. The van der Waals surface area contributed by atoms with E-state index in [-0.39, 0.29) is 5.25 Å². The number of sulfone groups is 1. The standard InChI is InChI=1S/C10H21NO2S/c1-10(2,7-8-11)14(12,13)9-5-3-4-6-9/h9H,3-8,11H2,1-2H3. The third kappa shape index (κ3) is 2.11. The molecule has 14 heavy (non-hydrogen) atoms. The van der Waals surface area contributed by atoms with Gasteiger partial charge in [0.05, 0.1) is 10.00 Å². The zero-order valence-corrected chi connectivity index (χ0v) is 9.94. The molecule has 0 saturated heterocycles. The predicted molar refractivity (Wildman–Crippen MR) is 58.9 cm³/mol. The third-order valence-electron chi connectivity index (χ3n) is 3.26. The van der Waals surface area contributed by atoms with Crippen LogP contribution in [-0.4, -0.2) is 25.0 Å². The van der Waals surface area contributed by atoms with E-state index in [1.54, 1.807) is 13.8 Å². The van der Waals surface area contributed by atoms with Crippen molar-refractivity contribution in [1.29, 1.82) is 0 Å². The Morgan fingerprint density at radius 1 is 1.29 bits per heavy atom. The van der Waals surface area contributed by atoms with E-state index in [4.69, 9.17) is 5.73 Å².